The molecule has 2 aliphatic rings. The van der Waals surface area contributed by atoms with E-state index < -0.39 is 5.97 Å². The molecule has 49 heavy (non-hydrogen) atoms. The average molecular weight is 994 g/mol. The summed E-state index contributed by atoms with van der Waals surface area (Å²) in [6, 6.07) is 28.6. The smallest absolute Gasteiger partial charge is 1.00 e. The minimum atomic E-state index is -1.31. The Morgan fingerprint density at radius 3 is 1.67 bits per heavy atom. The molecule has 15 heteroatoms. The molecule has 0 saturated carbocycles. The molecule has 1 aliphatic heterocycles. The first kappa shape index (κ1) is 44.7. The molecule has 1 aliphatic carbocycles. The van der Waals surface area contributed by atoms with E-state index in [1.54, 1.807) is 78.9 Å². The molecule has 0 fully saturated rings. The molecule has 6 N–H and O–H groups in total. The maximum Gasteiger partial charge on any atom is 1.00 e. The molecule has 0 radical (unpaired) electrons. The summed E-state index contributed by atoms with van der Waals surface area (Å²) in [5, 5.41) is 24.8. The maximum absolute atomic E-state index is 12.4. The molecule has 4 aromatic carbocycles. The number of halogens is 2. The Balaban J connectivity index is 0.000000472. The summed E-state index contributed by atoms with van der Waals surface area (Å²) in [6.07, 6.45) is 0. The molecule has 0 spiro atoms. The van der Waals surface area contributed by atoms with Crippen LogP contribution in [-0.4, -0.2) is 23.3 Å². The molecule has 0 atom stereocenters. The van der Waals surface area contributed by atoms with Gasteiger partial charge in [0, 0.05) is 11.1 Å². The minimum Gasteiger partial charge on any atom is 1.00 e. The third kappa shape index (κ3) is 11.1. The Labute approximate surface area is 357 Å². The molecule has 0 bridgehead atoms. The zero-order valence-corrected chi connectivity index (χ0v) is 39.0. The fourth-order valence-electron chi connectivity index (χ4n) is 4.41. The first-order chi connectivity index (χ1) is 21.9. The van der Waals surface area contributed by atoms with Gasteiger partial charge in [-0.15, -0.1) is 0 Å². The van der Waals surface area contributed by atoms with Crippen LogP contribution in [-0.2, 0) is 26.1 Å². The summed E-state index contributed by atoms with van der Waals surface area (Å²) in [6.45, 7) is 0. The van der Waals surface area contributed by atoms with Crippen molar-refractivity contribution in [2.24, 2.45) is 11.5 Å². The van der Waals surface area contributed by atoms with Crippen LogP contribution < -0.4 is 89.3 Å². The number of hydrogen-bond acceptors (Lipinski definition) is 7. The normalized spacial score (nSPS) is 9.71. The van der Waals surface area contributed by atoms with Gasteiger partial charge >= 0.3 is 252 Å². The van der Waals surface area contributed by atoms with Gasteiger partial charge in [0.25, 0.3) is 0 Å². The van der Waals surface area contributed by atoms with Crippen molar-refractivity contribution in [3.05, 3.63) is 139 Å². The van der Waals surface area contributed by atoms with E-state index in [4.69, 9.17) is 15.9 Å². The second kappa shape index (κ2) is 20.5. The van der Waals surface area contributed by atoms with Crippen LogP contribution in [0.4, 0.5) is 0 Å². The van der Waals surface area contributed by atoms with Gasteiger partial charge in [0.1, 0.15) is 0 Å². The molecule has 2 amide bonds. The molecule has 235 valence electrons. The molecule has 1 heterocycles. The number of carbonyl (C=O) groups excluding carboxylic acids is 3. The van der Waals surface area contributed by atoms with Gasteiger partial charge in [0.05, 0.1) is 0 Å². The van der Waals surface area contributed by atoms with Gasteiger partial charge in [-0.25, -0.2) is 0 Å². The Morgan fingerprint density at radius 2 is 1.20 bits per heavy atom. The second-order valence-electron chi connectivity index (χ2n) is 9.59. The van der Waals surface area contributed by atoms with Crippen LogP contribution in [0.5, 0.6) is 5.75 Å². The number of amides is 2. The van der Waals surface area contributed by atoms with Gasteiger partial charge in [-0.3, -0.25) is 9.59 Å². The third-order valence-corrected chi connectivity index (χ3v) is 10.3. The fraction of sp³-hybridized carbons (Fsp3) is 0. The summed E-state index contributed by atoms with van der Waals surface area (Å²) in [7, 11) is 0. The van der Waals surface area contributed by atoms with Crippen molar-refractivity contribution >= 4 is 63.7 Å². The van der Waals surface area contributed by atoms with Crippen molar-refractivity contribution in [1.29, 1.82) is 0 Å². The predicted molar refractivity (Wildman–Crippen MR) is 177 cm³/mol. The number of carboxylic acids is 1. The van der Waals surface area contributed by atoms with E-state index in [1.807, 2.05) is 12.1 Å². The number of benzene rings is 5. The van der Waals surface area contributed by atoms with Crippen LogP contribution in [0.2, 0.25) is 0 Å². The monoisotopic (exact) mass is 993 g/mol. The quantitative estimate of drug-likeness (QED) is 0.143. The van der Waals surface area contributed by atoms with Crippen LogP contribution in [0.15, 0.2) is 121 Å². The van der Waals surface area contributed by atoms with E-state index in [9.17, 15) is 29.4 Å². The molecular formula is C34H23Br2HgN2Na2O8. The average Bonchev–Trinajstić information content (AvgIpc) is 3.05. The SMILES string of the molecule is NC(=O)c1ccccc1.NC(=O)c1ccccc1.O.O=C([O-])c1ccccc1-c1c2cc(Br)c(=O)cc-2oc2[c]([Hg])c([O-])c(Br)cc12.[Na+].[Na+]. The van der Waals surface area contributed by atoms with Crippen molar-refractivity contribution in [3.8, 4) is 28.2 Å². The van der Waals surface area contributed by atoms with Gasteiger partial charge < -0.3 is 16.9 Å². The molecule has 6 rings (SSSR count). The topological polar surface area (TPSA) is 211 Å². The van der Waals surface area contributed by atoms with Crippen LogP contribution in [0.3, 0.4) is 0 Å². The van der Waals surface area contributed by atoms with Crippen molar-refractivity contribution in [2.45, 2.75) is 0 Å². The molecule has 0 aromatic heterocycles. The summed E-state index contributed by atoms with van der Waals surface area (Å²) in [4.78, 5) is 44.7. The number of hydrogen-bond donors (Lipinski definition) is 2. The molecule has 0 unspecified atom stereocenters. The summed E-state index contributed by atoms with van der Waals surface area (Å²) >= 11 is 6.47. The van der Waals surface area contributed by atoms with E-state index in [1.165, 1.54) is 12.1 Å². The minimum absolute atomic E-state index is 0. The predicted octanol–water partition coefficient (Wildman–Crippen LogP) is -2.55. The van der Waals surface area contributed by atoms with E-state index >= 15 is 0 Å². The van der Waals surface area contributed by atoms with Gasteiger partial charge in [0.2, 0.25) is 11.8 Å². The number of aromatic carboxylic acids is 1. The Bertz CT molecular complexity index is 2070. The molecule has 4 aromatic rings. The fourth-order valence-corrected chi connectivity index (χ4v) is 7.99. The van der Waals surface area contributed by atoms with Crippen molar-refractivity contribution in [2.75, 3.05) is 0 Å². The largest absolute Gasteiger partial charge is 1.00 e. The first-order valence-electron chi connectivity index (χ1n) is 13.3. The van der Waals surface area contributed by atoms with E-state index in [-0.39, 0.29) is 125 Å². The zero-order chi connectivity index (χ0) is 33.5. The number of rotatable bonds is 4. The third-order valence-electron chi connectivity index (χ3n) is 6.60. The number of primary amides is 2. The number of carbonyl (C=O) groups is 3. The maximum atomic E-state index is 12.4. The van der Waals surface area contributed by atoms with Gasteiger partial charge in [-0.05, 0) is 24.3 Å². The van der Waals surface area contributed by atoms with Crippen molar-refractivity contribution < 1.29 is 120 Å². The molecule has 0 saturated heterocycles. The van der Waals surface area contributed by atoms with E-state index in [2.05, 4.69) is 31.9 Å². The second-order valence-corrected chi connectivity index (χ2v) is 14.0. The van der Waals surface area contributed by atoms with Crippen LogP contribution in [0, 0.1) is 0 Å². The molecule has 10 nitrogen and oxygen atoms in total. The number of carboxylic acid groups (broad SMARTS) is 1. The Morgan fingerprint density at radius 1 is 0.714 bits per heavy atom. The van der Waals surface area contributed by atoms with Crippen LogP contribution in [0.1, 0.15) is 31.1 Å². The van der Waals surface area contributed by atoms with Gasteiger partial charge in [0.15, 0.2) is 0 Å². The van der Waals surface area contributed by atoms with Crippen LogP contribution >= 0.6 is 31.9 Å². The zero-order valence-electron chi connectivity index (χ0n) is 26.3. The first-order valence-corrected chi connectivity index (χ1v) is 17.7. The Kier molecular flexibility index (Phi) is 18.7. The Hall–Kier alpha value is -2.36. The summed E-state index contributed by atoms with van der Waals surface area (Å²) in [5.41, 5.74) is 12.7. The van der Waals surface area contributed by atoms with E-state index in [0.717, 1.165) is 0 Å². The standard InChI is InChI=1S/C20H9Br2O5.2C7H7NO.Hg.2Na.H2O/c21-13-5-11-17(7-15(13)23)27-18-8-16(24)14(22)6-12(18)19(11)9-3-1-2-4-10(9)20(25)26;2*8-7(9)6-4-2-1-3-5-6;;;;/h1-7,24H,(H,25,26);2*1-5H,(H2,8,9);;;;1H2/q;;;;2*+1;/p-2. The number of fused-ring (bicyclic) bond motifs is 2. The number of nitrogens with two attached hydrogens (primary N) is 2. The summed E-state index contributed by atoms with van der Waals surface area (Å²) < 4.78 is 7.22. The van der Waals surface area contributed by atoms with Crippen molar-refractivity contribution in [1.82, 2.24) is 0 Å². The van der Waals surface area contributed by atoms with E-state index in [0.29, 0.717) is 50.8 Å². The van der Waals surface area contributed by atoms with Crippen LogP contribution in [0.25, 0.3) is 33.4 Å². The molecular weight excluding hydrogens is 971 g/mol. The van der Waals surface area contributed by atoms with Crippen molar-refractivity contribution in [3.63, 3.8) is 0 Å². The van der Waals surface area contributed by atoms with Gasteiger partial charge in [-0.2, -0.15) is 0 Å². The summed E-state index contributed by atoms with van der Waals surface area (Å²) in [5.74, 6) is -1.94. The van der Waals surface area contributed by atoms with Gasteiger partial charge in [-0.1, -0.05) is 36.4 Å².